The van der Waals surface area contributed by atoms with Crippen LogP contribution >= 0.6 is 0 Å². The number of hydrogen-bond donors (Lipinski definition) is 0. The van der Waals surface area contributed by atoms with Gasteiger partial charge in [-0.05, 0) is 44.9 Å². The number of aromatic nitrogens is 1. The number of hydrogen-bond acceptors (Lipinski definition) is 3. The normalized spacial score (nSPS) is 13.8. The molecule has 23 heavy (non-hydrogen) atoms. The Balaban J connectivity index is 2.00. The number of anilines is 1. The summed E-state index contributed by atoms with van der Waals surface area (Å²) in [7, 11) is 0. The lowest BCUT2D eigenvalue weighted by Gasteiger charge is -2.25. The lowest BCUT2D eigenvalue weighted by Crippen LogP contribution is -2.36. The highest BCUT2D eigenvalue weighted by Crippen LogP contribution is 2.28. The molecular weight excluding hydrogens is 292 g/mol. The van der Waals surface area contributed by atoms with Crippen LogP contribution in [0.1, 0.15) is 26.3 Å². The summed E-state index contributed by atoms with van der Waals surface area (Å²) in [5.41, 5.74) is 1.75. The van der Waals surface area contributed by atoms with Crippen molar-refractivity contribution in [3.05, 3.63) is 58.5 Å². The molecule has 0 saturated heterocycles. The van der Waals surface area contributed by atoms with Crippen LogP contribution in [-0.2, 0) is 11.2 Å². The molecule has 5 nitrogen and oxygen atoms in total. The van der Waals surface area contributed by atoms with Crippen molar-refractivity contribution in [1.82, 2.24) is 4.57 Å². The van der Waals surface area contributed by atoms with E-state index in [1.165, 1.54) is 0 Å². The van der Waals surface area contributed by atoms with Crippen molar-refractivity contribution >= 4 is 11.8 Å². The fourth-order valence-electron chi connectivity index (χ4n) is 2.65. The predicted octanol–water partition coefficient (Wildman–Crippen LogP) is 3.14. The molecule has 2 aromatic rings. The van der Waals surface area contributed by atoms with E-state index in [0.717, 1.165) is 16.9 Å². The Morgan fingerprint density at radius 1 is 1.17 bits per heavy atom. The van der Waals surface area contributed by atoms with Gasteiger partial charge in [0.2, 0.25) is 0 Å². The molecule has 0 bridgehead atoms. The summed E-state index contributed by atoms with van der Waals surface area (Å²) < 4.78 is 7.01. The topological polar surface area (TPSA) is 51.5 Å². The first-order chi connectivity index (χ1) is 10.8. The summed E-state index contributed by atoms with van der Waals surface area (Å²) in [6, 6.07) is 11.0. The van der Waals surface area contributed by atoms with E-state index in [-0.39, 0.29) is 11.7 Å². The van der Waals surface area contributed by atoms with Crippen molar-refractivity contribution in [2.45, 2.75) is 32.8 Å². The molecule has 0 unspecified atom stereocenters. The molecule has 0 atom stereocenters. The molecule has 1 aromatic carbocycles. The summed E-state index contributed by atoms with van der Waals surface area (Å²) in [6.07, 6.45) is 2.01. The first-order valence-corrected chi connectivity index (χ1v) is 7.67. The second kappa shape index (κ2) is 5.57. The maximum absolute atomic E-state index is 12.4. The average molecular weight is 312 g/mol. The van der Waals surface area contributed by atoms with Gasteiger partial charge >= 0.3 is 6.09 Å². The summed E-state index contributed by atoms with van der Waals surface area (Å²) in [6.45, 7) is 6.05. The number of carbonyl (C=O) groups is 1. The lowest BCUT2D eigenvalue weighted by molar-refractivity contribution is 0.0584. The number of carbonyl (C=O) groups excluding carboxylic acids is 1. The van der Waals surface area contributed by atoms with E-state index in [1.807, 2.05) is 51.1 Å². The minimum atomic E-state index is -0.548. The molecule has 2 heterocycles. The lowest BCUT2D eigenvalue weighted by atomic mass is 10.2. The standard InChI is InChI=1S/C18H20N2O3/c1-18(2,3)23-17(22)19-10-9-13-11-16(21)20(12-15(13)19)14-7-5-4-6-8-14/h4-8,11-12H,9-10H2,1-3H3. The van der Waals surface area contributed by atoms with Crippen LogP contribution < -0.4 is 10.5 Å². The molecule has 3 rings (SSSR count). The molecule has 1 aliphatic rings. The van der Waals surface area contributed by atoms with Crippen LogP contribution in [0.3, 0.4) is 0 Å². The van der Waals surface area contributed by atoms with Gasteiger partial charge in [0.05, 0.1) is 5.69 Å². The molecule has 0 saturated carbocycles. The highest BCUT2D eigenvalue weighted by atomic mass is 16.6. The second-order valence-electron chi connectivity index (χ2n) is 6.61. The van der Waals surface area contributed by atoms with Crippen LogP contribution in [0.5, 0.6) is 0 Å². The third kappa shape index (κ3) is 3.13. The van der Waals surface area contributed by atoms with Crippen LogP contribution in [-0.4, -0.2) is 22.8 Å². The summed E-state index contributed by atoms with van der Waals surface area (Å²) in [4.78, 5) is 26.3. The van der Waals surface area contributed by atoms with Crippen molar-refractivity contribution in [3.63, 3.8) is 0 Å². The summed E-state index contributed by atoms with van der Waals surface area (Å²) in [5, 5.41) is 0. The second-order valence-corrected chi connectivity index (χ2v) is 6.61. The molecule has 0 radical (unpaired) electrons. The molecule has 0 spiro atoms. The monoisotopic (exact) mass is 312 g/mol. The Morgan fingerprint density at radius 2 is 1.87 bits per heavy atom. The maximum atomic E-state index is 12.4. The van der Waals surface area contributed by atoms with E-state index in [1.54, 1.807) is 21.7 Å². The quantitative estimate of drug-likeness (QED) is 0.813. The zero-order chi connectivity index (χ0) is 16.6. The summed E-state index contributed by atoms with van der Waals surface area (Å²) in [5.74, 6) is 0. The van der Waals surface area contributed by atoms with Crippen LogP contribution in [0.15, 0.2) is 47.4 Å². The number of rotatable bonds is 1. The number of nitrogens with zero attached hydrogens (tertiary/aromatic N) is 2. The molecule has 0 aliphatic carbocycles. The first kappa shape index (κ1) is 15.3. The van der Waals surface area contributed by atoms with Gasteiger partial charge in [0, 0.05) is 24.5 Å². The van der Waals surface area contributed by atoms with Gasteiger partial charge in [-0.2, -0.15) is 0 Å². The molecule has 0 N–H and O–H groups in total. The van der Waals surface area contributed by atoms with Gasteiger partial charge in [-0.25, -0.2) is 4.79 Å². The smallest absolute Gasteiger partial charge is 0.414 e. The van der Waals surface area contributed by atoms with Gasteiger partial charge < -0.3 is 4.74 Å². The fraction of sp³-hybridized carbons (Fsp3) is 0.333. The Kier molecular flexibility index (Phi) is 3.72. The van der Waals surface area contributed by atoms with E-state index >= 15 is 0 Å². The van der Waals surface area contributed by atoms with Crippen molar-refractivity contribution in [1.29, 1.82) is 0 Å². The van der Waals surface area contributed by atoms with Crippen LogP contribution in [0.25, 0.3) is 5.69 Å². The minimum Gasteiger partial charge on any atom is -0.443 e. The van der Waals surface area contributed by atoms with Crippen molar-refractivity contribution in [2.75, 3.05) is 11.4 Å². The van der Waals surface area contributed by atoms with Gasteiger partial charge in [-0.1, -0.05) is 18.2 Å². The SMILES string of the molecule is CC(C)(C)OC(=O)N1CCc2cc(=O)n(-c3ccccc3)cc21. The van der Waals surface area contributed by atoms with Gasteiger partial charge in [0.1, 0.15) is 5.60 Å². The number of benzene rings is 1. The van der Waals surface area contributed by atoms with Crippen LogP contribution in [0.4, 0.5) is 10.5 Å². The third-order valence-corrected chi connectivity index (χ3v) is 3.66. The number of fused-ring (bicyclic) bond motifs is 1. The maximum Gasteiger partial charge on any atom is 0.414 e. The van der Waals surface area contributed by atoms with E-state index in [4.69, 9.17) is 4.74 Å². The van der Waals surface area contributed by atoms with E-state index in [0.29, 0.717) is 13.0 Å². The highest BCUT2D eigenvalue weighted by Gasteiger charge is 2.29. The minimum absolute atomic E-state index is 0.0963. The van der Waals surface area contributed by atoms with Gasteiger partial charge in [-0.3, -0.25) is 14.3 Å². The van der Waals surface area contributed by atoms with Gasteiger partial charge in [-0.15, -0.1) is 0 Å². The Hall–Kier alpha value is -2.56. The molecule has 5 heteroatoms. The Morgan fingerprint density at radius 3 is 2.52 bits per heavy atom. The van der Waals surface area contributed by atoms with Crippen LogP contribution in [0.2, 0.25) is 0 Å². The van der Waals surface area contributed by atoms with E-state index in [9.17, 15) is 9.59 Å². The van der Waals surface area contributed by atoms with Crippen molar-refractivity contribution in [3.8, 4) is 5.69 Å². The highest BCUT2D eigenvalue weighted by molar-refractivity contribution is 5.90. The number of amides is 1. The molecule has 1 amide bonds. The molecule has 1 aliphatic heterocycles. The average Bonchev–Trinajstić information content (AvgIpc) is 2.88. The molecule has 0 fully saturated rings. The zero-order valence-electron chi connectivity index (χ0n) is 13.6. The molecule has 120 valence electrons. The van der Waals surface area contributed by atoms with Crippen LogP contribution in [0, 0.1) is 0 Å². The Labute approximate surface area is 135 Å². The first-order valence-electron chi connectivity index (χ1n) is 7.67. The molecule has 1 aromatic heterocycles. The number of para-hydroxylation sites is 1. The van der Waals surface area contributed by atoms with Gasteiger partial charge in [0.25, 0.3) is 5.56 Å². The predicted molar refractivity (Wildman–Crippen MR) is 89.3 cm³/mol. The zero-order valence-corrected chi connectivity index (χ0v) is 13.6. The van der Waals surface area contributed by atoms with E-state index in [2.05, 4.69) is 0 Å². The van der Waals surface area contributed by atoms with E-state index < -0.39 is 5.60 Å². The third-order valence-electron chi connectivity index (χ3n) is 3.66. The number of ether oxygens (including phenoxy) is 1. The summed E-state index contributed by atoms with van der Waals surface area (Å²) >= 11 is 0. The van der Waals surface area contributed by atoms with Crippen molar-refractivity contribution < 1.29 is 9.53 Å². The van der Waals surface area contributed by atoms with Gasteiger partial charge in [0.15, 0.2) is 0 Å². The fourth-order valence-corrected chi connectivity index (χ4v) is 2.65. The molecular formula is C18H20N2O3. The Bertz CT molecular complexity index is 788. The van der Waals surface area contributed by atoms with Crippen molar-refractivity contribution in [2.24, 2.45) is 0 Å². The number of pyridine rings is 1. The largest absolute Gasteiger partial charge is 0.443 e.